The summed E-state index contributed by atoms with van der Waals surface area (Å²) in [5.74, 6) is 2.22. The lowest BCUT2D eigenvalue weighted by molar-refractivity contribution is 0.322. The van der Waals surface area contributed by atoms with Crippen LogP contribution < -0.4 is 14.2 Å². The average Bonchev–Trinajstić information content (AvgIpc) is 2.52. The number of unbranched alkanes of at least 4 members (excludes halogenated alkanes) is 6. The van der Waals surface area contributed by atoms with E-state index in [0.29, 0.717) is 5.75 Å². The van der Waals surface area contributed by atoms with Crippen molar-refractivity contribution in [2.24, 2.45) is 0 Å². The molecule has 0 aliphatic heterocycles. The minimum atomic E-state index is 0.695. The van der Waals surface area contributed by atoms with Gasteiger partial charge in [0.1, 0.15) is 0 Å². The summed E-state index contributed by atoms with van der Waals surface area (Å²) in [5, 5.41) is 0. The molecule has 0 heterocycles. The highest BCUT2D eigenvalue weighted by Gasteiger charge is 2.15. The van der Waals surface area contributed by atoms with Crippen LogP contribution in [0.4, 0.5) is 0 Å². The molecule has 0 aliphatic carbocycles. The van der Waals surface area contributed by atoms with Gasteiger partial charge in [-0.3, -0.25) is 0 Å². The van der Waals surface area contributed by atoms with Gasteiger partial charge in [0.25, 0.3) is 0 Å². The molecule has 1 rings (SSSR count). The van der Waals surface area contributed by atoms with Crippen LogP contribution in [0.3, 0.4) is 0 Å². The van der Waals surface area contributed by atoms with Crippen LogP contribution in [0.2, 0.25) is 0 Å². The van der Waals surface area contributed by atoms with Gasteiger partial charge in [0.05, 0.1) is 21.3 Å². The molecule has 1 aromatic carbocycles. The van der Waals surface area contributed by atoms with E-state index in [2.05, 4.69) is 13.0 Å². The van der Waals surface area contributed by atoms with E-state index >= 15 is 0 Å². The summed E-state index contributed by atoms with van der Waals surface area (Å²) < 4.78 is 16.2. The summed E-state index contributed by atoms with van der Waals surface area (Å²) in [5.41, 5.74) is 1.20. The van der Waals surface area contributed by atoms with E-state index < -0.39 is 0 Å². The largest absolute Gasteiger partial charge is 0.493 e. The Balaban J connectivity index is 2.51. The second kappa shape index (κ2) is 10.4. The molecule has 0 N–H and O–H groups in total. The van der Waals surface area contributed by atoms with E-state index in [1.165, 1.54) is 50.5 Å². The van der Waals surface area contributed by atoms with E-state index in [-0.39, 0.29) is 0 Å². The van der Waals surface area contributed by atoms with Crippen LogP contribution in [0.1, 0.15) is 57.4 Å². The first-order valence-electron chi connectivity index (χ1n) is 8.06. The first-order chi connectivity index (χ1) is 10.3. The Labute approximate surface area is 129 Å². The van der Waals surface area contributed by atoms with Gasteiger partial charge in [-0.25, -0.2) is 0 Å². The van der Waals surface area contributed by atoms with E-state index in [1.54, 1.807) is 21.3 Å². The fourth-order valence-corrected chi connectivity index (χ4v) is 2.63. The highest BCUT2D eigenvalue weighted by molar-refractivity contribution is 5.55. The van der Waals surface area contributed by atoms with Crippen LogP contribution >= 0.6 is 0 Å². The maximum absolute atomic E-state index is 5.51. The Bertz CT molecular complexity index is 402. The van der Waals surface area contributed by atoms with Crippen molar-refractivity contribution >= 4 is 0 Å². The number of benzene rings is 1. The summed E-state index contributed by atoms with van der Waals surface area (Å²) in [6.07, 6.45) is 10.2. The molecule has 3 heteroatoms. The number of ether oxygens (including phenoxy) is 3. The van der Waals surface area contributed by atoms with Crippen LogP contribution in [0.15, 0.2) is 12.1 Å². The maximum Gasteiger partial charge on any atom is 0.203 e. The molecular formula is C18H30O3. The molecular weight excluding hydrogens is 264 g/mol. The van der Waals surface area contributed by atoms with Crippen molar-refractivity contribution in [1.82, 2.24) is 0 Å². The summed E-state index contributed by atoms with van der Waals surface area (Å²) in [4.78, 5) is 0. The van der Waals surface area contributed by atoms with Gasteiger partial charge in [-0.1, -0.05) is 51.5 Å². The lowest BCUT2D eigenvalue weighted by Gasteiger charge is -2.15. The molecule has 0 unspecified atom stereocenters. The van der Waals surface area contributed by atoms with Gasteiger partial charge in [-0.05, 0) is 24.5 Å². The highest BCUT2D eigenvalue weighted by atomic mass is 16.5. The van der Waals surface area contributed by atoms with Crippen molar-refractivity contribution < 1.29 is 14.2 Å². The molecule has 0 bridgehead atoms. The molecule has 3 nitrogen and oxygen atoms in total. The molecule has 1 aromatic rings. The number of rotatable bonds is 11. The van der Waals surface area contributed by atoms with Gasteiger partial charge in [-0.15, -0.1) is 0 Å². The van der Waals surface area contributed by atoms with Crippen molar-refractivity contribution in [3.05, 3.63) is 17.7 Å². The van der Waals surface area contributed by atoms with Gasteiger partial charge in [-0.2, -0.15) is 0 Å². The minimum Gasteiger partial charge on any atom is -0.493 e. The van der Waals surface area contributed by atoms with Crippen LogP contribution in [0, 0.1) is 0 Å². The Morgan fingerprint density at radius 1 is 0.714 bits per heavy atom. The Kier molecular flexibility index (Phi) is 8.72. The quantitative estimate of drug-likeness (QED) is 0.537. The fourth-order valence-electron chi connectivity index (χ4n) is 2.63. The van der Waals surface area contributed by atoms with Crippen molar-refractivity contribution in [2.75, 3.05) is 21.3 Å². The number of hydrogen-bond donors (Lipinski definition) is 0. The smallest absolute Gasteiger partial charge is 0.203 e. The molecule has 0 radical (unpaired) electrons. The zero-order valence-corrected chi connectivity index (χ0v) is 14.0. The molecule has 0 spiro atoms. The van der Waals surface area contributed by atoms with Crippen LogP contribution in [0.25, 0.3) is 0 Å². The third-order valence-corrected chi connectivity index (χ3v) is 3.84. The standard InChI is InChI=1S/C18H30O3/c1-5-6-7-8-9-10-11-12-15-13-14-16(19-2)18(21-4)17(15)20-3/h13-14H,5-12H2,1-4H3. The molecule has 0 saturated carbocycles. The Morgan fingerprint density at radius 2 is 1.33 bits per heavy atom. The zero-order valence-electron chi connectivity index (χ0n) is 14.0. The molecule has 0 saturated heterocycles. The second-order valence-electron chi connectivity index (χ2n) is 5.36. The van der Waals surface area contributed by atoms with Crippen LogP contribution in [-0.4, -0.2) is 21.3 Å². The zero-order chi connectivity index (χ0) is 15.5. The van der Waals surface area contributed by atoms with Gasteiger partial charge in [0, 0.05) is 0 Å². The monoisotopic (exact) mass is 294 g/mol. The molecule has 21 heavy (non-hydrogen) atoms. The molecule has 120 valence electrons. The SMILES string of the molecule is CCCCCCCCCc1ccc(OC)c(OC)c1OC. The molecule has 0 fully saturated rings. The third-order valence-electron chi connectivity index (χ3n) is 3.84. The minimum absolute atomic E-state index is 0.695. The summed E-state index contributed by atoms with van der Waals surface area (Å²) in [6.45, 7) is 2.25. The summed E-state index contributed by atoms with van der Waals surface area (Å²) in [7, 11) is 4.98. The normalized spacial score (nSPS) is 10.5. The maximum atomic E-state index is 5.51. The van der Waals surface area contributed by atoms with E-state index in [0.717, 1.165) is 17.9 Å². The van der Waals surface area contributed by atoms with Crippen molar-refractivity contribution in [2.45, 2.75) is 58.3 Å². The van der Waals surface area contributed by atoms with Crippen LogP contribution in [0.5, 0.6) is 17.2 Å². The van der Waals surface area contributed by atoms with Crippen molar-refractivity contribution in [3.63, 3.8) is 0 Å². The third kappa shape index (κ3) is 5.49. The lowest BCUT2D eigenvalue weighted by atomic mass is 10.0. The predicted molar refractivity (Wildman–Crippen MR) is 87.8 cm³/mol. The van der Waals surface area contributed by atoms with Gasteiger partial charge < -0.3 is 14.2 Å². The number of hydrogen-bond acceptors (Lipinski definition) is 3. The number of aryl methyl sites for hydroxylation is 1. The molecule has 0 atom stereocenters. The molecule has 0 amide bonds. The van der Waals surface area contributed by atoms with Crippen LogP contribution in [-0.2, 0) is 6.42 Å². The topological polar surface area (TPSA) is 27.7 Å². The van der Waals surface area contributed by atoms with Crippen molar-refractivity contribution in [3.8, 4) is 17.2 Å². The summed E-state index contributed by atoms with van der Waals surface area (Å²) >= 11 is 0. The average molecular weight is 294 g/mol. The van der Waals surface area contributed by atoms with E-state index in [9.17, 15) is 0 Å². The molecule has 0 aliphatic rings. The second-order valence-corrected chi connectivity index (χ2v) is 5.36. The Morgan fingerprint density at radius 3 is 1.90 bits per heavy atom. The first kappa shape index (κ1) is 17.7. The lowest BCUT2D eigenvalue weighted by Crippen LogP contribution is -1.99. The highest BCUT2D eigenvalue weighted by Crippen LogP contribution is 2.40. The van der Waals surface area contributed by atoms with Gasteiger partial charge >= 0.3 is 0 Å². The molecule has 0 aromatic heterocycles. The predicted octanol–water partition coefficient (Wildman–Crippen LogP) is 5.01. The fraction of sp³-hybridized carbons (Fsp3) is 0.667. The van der Waals surface area contributed by atoms with E-state index in [4.69, 9.17) is 14.2 Å². The van der Waals surface area contributed by atoms with Gasteiger partial charge in [0.2, 0.25) is 5.75 Å². The summed E-state index contributed by atoms with van der Waals surface area (Å²) in [6, 6.07) is 4.04. The van der Waals surface area contributed by atoms with Crippen molar-refractivity contribution in [1.29, 1.82) is 0 Å². The number of methoxy groups -OCH3 is 3. The van der Waals surface area contributed by atoms with Gasteiger partial charge in [0.15, 0.2) is 11.5 Å². The first-order valence-corrected chi connectivity index (χ1v) is 8.06. The Hall–Kier alpha value is -1.38. The van der Waals surface area contributed by atoms with E-state index in [1.807, 2.05) is 6.07 Å².